The minimum Gasteiger partial charge on any atom is -0.504 e. The van der Waals surface area contributed by atoms with Gasteiger partial charge in [-0.05, 0) is 67.3 Å². The Balaban J connectivity index is 1.85. The van der Waals surface area contributed by atoms with Crippen LogP contribution in [0.1, 0.15) is 29.2 Å². The van der Waals surface area contributed by atoms with Crippen LogP contribution in [0.25, 0.3) is 0 Å². The van der Waals surface area contributed by atoms with Crippen molar-refractivity contribution < 1.29 is 24.4 Å². The van der Waals surface area contributed by atoms with Crippen LogP contribution < -0.4 is 14.2 Å². The molecule has 1 aliphatic heterocycles. The highest BCUT2D eigenvalue weighted by molar-refractivity contribution is 5.53. The van der Waals surface area contributed by atoms with Gasteiger partial charge in [-0.1, -0.05) is 0 Å². The molecular formula is C21H27NO5. The second-order valence-corrected chi connectivity index (χ2v) is 6.86. The Morgan fingerprint density at radius 2 is 1.70 bits per heavy atom. The van der Waals surface area contributed by atoms with Crippen molar-refractivity contribution in [1.82, 2.24) is 4.90 Å². The molecule has 0 fully saturated rings. The number of phenolic OH excluding ortho intramolecular Hbond substituents is 2. The van der Waals surface area contributed by atoms with E-state index in [0.717, 1.165) is 36.9 Å². The van der Waals surface area contributed by atoms with Gasteiger partial charge in [0.05, 0.1) is 21.3 Å². The second-order valence-electron chi connectivity index (χ2n) is 6.86. The van der Waals surface area contributed by atoms with Gasteiger partial charge in [-0.3, -0.25) is 4.90 Å². The first-order valence-corrected chi connectivity index (χ1v) is 9.02. The highest BCUT2D eigenvalue weighted by Crippen LogP contribution is 2.41. The number of nitrogens with zero attached hydrogens (tertiary/aromatic N) is 1. The predicted octanol–water partition coefficient (Wildman–Crippen LogP) is 3.29. The Labute approximate surface area is 159 Å². The zero-order valence-electron chi connectivity index (χ0n) is 16.3. The monoisotopic (exact) mass is 373 g/mol. The molecule has 0 saturated carbocycles. The topological polar surface area (TPSA) is 71.4 Å². The van der Waals surface area contributed by atoms with Gasteiger partial charge < -0.3 is 24.4 Å². The van der Waals surface area contributed by atoms with Gasteiger partial charge in [0.15, 0.2) is 23.0 Å². The molecular weight excluding hydrogens is 346 g/mol. The summed E-state index contributed by atoms with van der Waals surface area (Å²) >= 11 is 0. The number of likely N-dealkylation sites (N-methyl/N-ethyl adjacent to an activating group) is 1. The Bertz CT molecular complexity index is 821. The molecule has 3 rings (SSSR count). The van der Waals surface area contributed by atoms with E-state index in [1.165, 1.54) is 12.7 Å². The summed E-state index contributed by atoms with van der Waals surface area (Å²) < 4.78 is 15.8. The molecule has 1 heterocycles. The van der Waals surface area contributed by atoms with E-state index < -0.39 is 0 Å². The van der Waals surface area contributed by atoms with Gasteiger partial charge in [0, 0.05) is 12.6 Å². The number of rotatable bonds is 6. The number of benzene rings is 2. The Hall–Kier alpha value is -2.60. The highest BCUT2D eigenvalue weighted by atomic mass is 16.5. The van der Waals surface area contributed by atoms with E-state index >= 15 is 0 Å². The average molecular weight is 373 g/mol. The van der Waals surface area contributed by atoms with Crippen molar-refractivity contribution in [2.75, 3.05) is 34.9 Å². The quantitative estimate of drug-likeness (QED) is 0.810. The first-order valence-electron chi connectivity index (χ1n) is 9.02. The summed E-state index contributed by atoms with van der Waals surface area (Å²) in [7, 11) is 6.73. The maximum atomic E-state index is 10.2. The lowest BCUT2D eigenvalue weighted by atomic mass is 9.88. The van der Waals surface area contributed by atoms with Gasteiger partial charge in [0.25, 0.3) is 0 Å². The summed E-state index contributed by atoms with van der Waals surface area (Å²) in [5.74, 6) is 1.62. The Morgan fingerprint density at radius 3 is 2.37 bits per heavy atom. The summed E-state index contributed by atoms with van der Waals surface area (Å²) in [6.45, 7) is 0.947. The van der Waals surface area contributed by atoms with Gasteiger partial charge in [-0.25, -0.2) is 0 Å². The number of hydrogen-bond acceptors (Lipinski definition) is 6. The fraction of sp³-hybridized carbons (Fsp3) is 0.429. The first-order chi connectivity index (χ1) is 13.0. The van der Waals surface area contributed by atoms with Crippen LogP contribution in [-0.2, 0) is 12.8 Å². The molecule has 0 saturated heterocycles. The third kappa shape index (κ3) is 3.76. The molecule has 0 spiro atoms. The molecule has 146 valence electrons. The molecule has 0 amide bonds. The maximum Gasteiger partial charge on any atom is 0.203 e. The number of aromatic hydroxyl groups is 2. The number of methoxy groups -OCH3 is 3. The lowest BCUT2D eigenvalue weighted by Crippen LogP contribution is -2.32. The van der Waals surface area contributed by atoms with Crippen LogP contribution >= 0.6 is 0 Å². The number of ether oxygens (including phenoxy) is 3. The minimum atomic E-state index is 0.0756. The van der Waals surface area contributed by atoms with Crippen molar-refractivity contribution in [3.8, 4) is 28.7 Å². The van der Waals surface area contributed by atoms with Gasteiger partial charge >= 0.3 is 0 Å². The van der Waals surface area contributed by atoms with Crippen LogP contribution in [0.2, 0.25) is 0 Å². The van der Waals surface area contributed by atoms with Gasteiger partial charge in [-0.2, -0.15) is 0 Å². The zero-order chi connectivity index (χ0) is 19.6. The molecule has 0 aromatic heterocycles. The smallest absolute Gasteiger partial charge is 0.203 e. The van der Waals surface area contributed by atoms with E-state index in [0.29, 0.717) is 17.2 Å². The average Bonchev–Trinajstić information content (AvgIpc) is 2.66. The number of aryl methyl sites for hydroxylation is 1. The normalized spacial score (nSPS) is 16.7. The van der Waals surface area contributed by atoms with E-state index in [2.05, 4.69) is 11.9 Å². The van der Waals surface area contributed by atoms with Gasteiger partial charge in [-0.15, -0.1) is 0 Å². The van der Waals surface area contributed by atoms with Crippen LogP contribution in [0.15, 0.2) is 24.3 Å². The van der Waals surface area contributed by atoms with Crippen LogP contribution in [0, 0.1) is 0 Å². The Morgan fingerprint density at radius 1 is 0.963 bits per heavy atom. The molecule has 0 radical (unpaired) electrons. The fourth-order valence-electron chi connectivity index (χ4n) is 3.83. The van der Waals surface area contributed by atoms with Crippen LogP contribution in [0.3, 0.4) is 0 Å². The second kappa shape index (κ2) is 7.96. The number of phenols is 2. The van der Waals surface area contributed by atoms with Gasteiger partial charge in [0.1, 0.15) is 0 Å². The van der Waals surface area contributed by atoms with E-state index in [9.17, 15) is 10.2 Å². The van der Waals surface area contributed by atoms with Crippen molar-refractivity contribution in [3.63, 3.8) is 0 Å². The van der Waals surface area contributed by atoms with E-state index in [1.807, 2.05) is 18.2 Å². The van der Waals surface area contributed by atoms with E-state index in [1.54, 1.807) is 20.3 Å². The molecule has 27 heavy (non-hydrogen) atoms. The third-order valence-corrected chi connectivity index (χ3v) is 5.29. The van der Waals surface area contributed by atoms with E-state index in [4.69, 9.17) is 14.2 Å². The number of hydrogen-bond donors (Lipinski definition) is 2. The van der Waals surface area contributed by atoms with Crippen molar-refractivity contribution >= 4 is 0 Å². The standard InChI is InChI=1S/C21H27NO5/c1-22-8-7-14-11-19(25-2)17(23)12-15(14)16(22)6-5-13-9-18(24)21(27-4)20(10-13)26-3/h9-12,16,23-24H,5-8H2,1-4H3/t16-/m0/s1. The van der Waals surface area contributed by atoms with E-state index in [-0.39, 0.29) is 17.5 Å². The summed E-state index contributed by atoms with van der Waals surface area (Å²) in [5.41, 5.74) is 3.32. The summed E-state index contributed by atoms with van der Waals surface area (Å²) in [5, 5.41) is 20.4. The molecule has 2 aromatic carbocycles. The molecule has 6 heteroatoms. The lowest BCUT2D eigenvalue weighted by molar-refractivity contribution is 0.218. The largest absolute Gasteiger partial charge is 0.504 e. The molecule has 0 unspecified atom stereocenters. The van der Waals surface area contributed by atoms with Crippen molar-refractivity contribution in [2.24, 2.45) is 0 Å². The summed E-state index contributed by atoms with van der Waals surface area (Å²) in [4.78, 5) is 2.30. The fourth-order valence-corrected chi connectivity index (χ4v) is 3.83. The number of fused-ring (bicyclic) bond motifs is 1. The summed E-state index contributed by atoms with van der Waals surface area (Å²) in [6.07, 6.45) is 2.54. The SMILES string of the molecule is COc1cc2c(cc1O)[C@H](CCc1cc(O)c(OC)c(OC)c1)N(C)CC2. The maximum absolute atomic E-state index is 10.2. The zero-order valence-corrected chi connectivity index (χ0v) is 16.3. The van der Waals surface area contributed by atoms with Crippen molar-refractivity contribution in [1.29, 1.82) is 0 Å². The Kier molecular flexibility index (Phi) is 5.65. The summed E-state index contributed by atoms with van der Waals surface area (Å²) in [6, 6.07) is 7.55. The van der Waals surface area contributed by atoms with Crippen molar-refractivity contribution in [2.45, 2.75) is 25.3 Å². The first kappa shape index (κ1) is 19.2. The molecule has 2 aromatic rings. The van der Waals surface area contributed by atoms with Crippen LogP contribution in [0.4, 0.5) is 0 Å². The molecule has 6 nitrogen and oxygen atoms in total. The van der Waals surface area contributed by atoms with Crippen LogP contribution in [-0.4, -0.2) is 50.0 Å². The highest BCUT2D eigenvalue weighted by Gasteiger charge is 2.26. The molecule has 1 atom stereocenters. The molecule has 1 aliphatic rings. The molecule has 0 bridgehead atoms. The predicted molar refractivity (Wildman–Crippen MR) is 103 cm³/mol. The third-order valence-electron chi connectivity index (χ3n) is 5.29. The van der Waals surface area contributed by atoms with Crippen LogP contribution in [0.5, 0.6) is 28.7 Å². The van der Waals surface area contributed by atoms with Crippen molar-refractivity contribution in [3.05, 3.63) is 41.0 Å². The molecule has 2 N–H and O–H groups in total. The van der Waals surface area contributed by atoms with Gasteiger partial charge in [0.2, 0.25) is 5.75 Å². The molecule has 0 aliphatic carbocycles. The lowest BCUT2D eigenvalue weighted by Gasteiger charge is -2.35. The minimum absolute atomic E-state index is 0.0756.